The third-order valence-electron chi connectivity index (χ3n) is 1.60. The van der Waals surface area contributed by atoms with E-state index in [1.165, 1.54) is 0 Å². The van der Waals surface area contributed by atoms with Gasteiger partial charge in [-0.15, -0.1) is 12.4 Å². The van der Waals surface area contributed by atoms with Gasteiger partial charge in [-0.3, -0.25) is 4.98 Å². The number of fused-ring (bicyclic) bond motifs is 1. The monoisotopic (exact) mass is 181 g/mol. The van der Waals surface area contributed by atoms with Crippen molar-refractivity contribution >= 4 is 29.0 Å². The van der Waals surface area contributed by atoms with Crippen LogP contribution in [0.25, 0.3) is 10.8 Å². The first-order valence-electron chi connectivity index (χ1n) is 3.32. The van der Waals surface area contributed by atoms with Crippen LogP contribution >= 0.6 is 12.4 Å². The quantitative estimate of drug-likeness (QED) is 0.672. The van der Waals surface area contributed by atoms with Gasteiger partial charge in [-0.2, -0.15) is 0 Å². The molecule has 0 spiro atoms. The second kappa shape index (κ2) is 3.36. The van der Waals surface area contributed by atoms with Crippen molar-refractivity contribution < 1.29 is 0 Å². The van der Waals surface area contributed by atoms with Gasteiger partial charge in [0.25, 0.3) is 0 Å². The number of rotatable bonds is 0. The molecule has 0 aromatic carbocycles. The third-order valence-corrected chi connectivity index (χ3v) is 1.60. The molecule has 0 aliphatic heterocycles. The van der Waals surface area contributed by atoms with Gasteiger partial charge in [0.1, 0.15) is 5.82 Å². The molecule has 2 N–H and O–H groups in total. The molecule has 0 radical (unpaired) electrons. The average molecular weight is 182 g/mol. The Labute approximate surface area is 76.0 Å². The lowest BCUT2D eigenvalue weighted by atomic mass is 10.2. The SMILES string of the molecule is Cl.Nc1nccc2cnccc12. The summed E-state index contributed by atoms with van der Waals surface area (Å²) in [6.07, 6.45) is 5.16. The zero-order valence-electron chi connectivity index (χ0n) is 6.27. The van der Waals surface area contributed by atoms with E-state index < -0.39 is 0 Å². The van der Waals surface area contributed by atoms with E-state index in [9.17, 15) is 0 Å². The minimum absolute atomic E-state index is 0. The standard InChI is InChI=1S/C8H7N3.ClH/c9-8-7-2-3-10-5-6(7)1-4-11-8;/h1-5H,(H2,9,11);1H. The molecule has 0 aliphatic rings. The van der Waals surface area contributed by atoms with Gasteiger partial charge >= 0.3 is 0 Å². The predicted molar refractivity (Wildman–Crippen MR) is 51.2 cm³/mol. The first kappa shape index (κ1) is 8.74. The number of anilines is 1. The van der Waals surface area contributed by atoms with Gasteiger partial charge in [0.05, 0.1) is 0 Å². The Morgan fingerprint density at radius 1 is 1.17 bits per heavy atom. The lowest BCUT2D eigenvalue weighted by molar-refractivity contribution is 1.33. The highest BCUT2D eigenvalue weighted by atomic mass is 35.5. The van der Waals surface area contributed by atoms with Crippen molar-refractivity contribution in [2.24, 2.45) is 0 Å². The maximum Gasteiger partial charge on any atom is 0.131 e. The van der Waals surface area contributed by atoms with Gasteiger partial charge in [-0.25, -0.2) is 4.98 Å². The van der Waals surface area contributed by atoms with E-state index in [1.807, 2.05) is 12.1 Å². The summed E-state index contributed by atoms with van der Waals surface area (Å²) in [5.41, 5.74) is 5.62. The highest BCUT2D eigenvalue weighted by Gasteiger charge is 1.94. The molecule has 2 aromatic rings. The van der Waals surface area contributed by atoms with E-state index in [-0.39, 0.29) is 12.4 Å². The van der Waals surface area contributed by atoms with Crippen LogP contribution in [-0.2, 0) is 0 Å². The Morgan fingerprint density at radius 3 is 2.75 bits per heavy atom. The van der Waals surface area contributed by atoms with Gasteiger partial charge in [-0.1, -0.05) is 0 Å². The van der Waals surface area contributed by atoms with Crippen LogP contribution in [0.4, 0.5) is 5.82 Å². The molecule has 12 heavy (non-hydrogen) atoms. The summed E-state index contributed by atoms with van der Waals surface area (Å²) < 4.78 is 0. The maximum atomic E-state index is 5.62. The topological polar surface area (TPSA) is 51.8 Å². The van der Waals surface area contributed by atoms with Crippen molar-refractivity contribution in [2.45, 2.75) is 0 Å². The summed E-state index contributed by atoms with van der Waals surface area (Å²) in [6, 6.07) is 3.75. The van der Waals surface area contributed by atoms with Crippen LogP contribution in [0.15, 0.2) is 30.7 Å². The van der Waals surface area contributed by atoms with Gasteiger partial charge in [0, 0.05) is 29.4 Å². The molecule has 4 heteroatoms. The molecule has 2 heterocycles. The number of halogens is 1. The van der Waals surface area contributed by atoms with Crippen molar-refractivity contribution in [2.75, 3.05) is 5.73 Å². The molecule has 0 aliphatic carbocycles. The van der Waals surface area contributed by atoms with Crippen LogP contribution in [0, 0.1) is 0 Å². The van der Waals surface area contributed by atoms with Crippen LogP contribution in [-0.4, -0.2) is 9.97 Å². The first-order valence-corrected chi connectivity index (χ1v) is 3.32. The van der Waals surface area contributed by atoms with Crippen molar-refractivity contribution in [3.05, 3.63) is 30.7 Å². The van der Waals surface area contributed by atoms with E-state index in [0.717, 1.165) is 10.8 Å². The van der Waals surface area contributed by atoms with E-state index in [0.29, 0.717) is 5.82 Å². The molecule has 0 bridgehead atoms. The number of hydrogen-bond donors (Lipinski definition) is 1. The van der Waals surface area contributed by atoms with Crippen molar-refractivity contribution in [3.8, 4) is 0 Å². The van der Waals surface area contributed by atoms with Gasteiger partial charge in [-0.05, 0) is 12.1 Å². The summed E-state index contributed by atoms with van der Waals surface area (Å²) in [5.74, 6) is 0.560. The Balaban J connectivity index is 0.000000720. The Bertz CT molecular complexity index is 383. The third kappa shape index (κ3) is 1.31. The largest absolute Gasteiger partial charge is 0.383 e. The fraction of sp³-hybridized carbons (Fsp3) is 0. The van der Waals surface area contributed by atoms with Crippen molar-refractivity contribution in [1.82, 2.24) is 9.97 Å². The molecule has 2 rings (SSSR count). The molecular weight excluding hydrogens is 174 g/mol. The van der Waals surface area contributed by atoms with Crippen molar-refractivity contribution in [3.63, 3.8) is 0 Å². The van der Waals surface area contributed by atoms with Gasteiger partial charge in [0.2, 0.25) is 0 Å². The molecule has 3 nitrogen and oxygen atoms in total. The minimum atomic E-state index is 0. The highest BCUT2D eigenvalue weighted by molar-refractivity contribution is 5.89. The van der Waals surface area contributed by atoms with Gasteiger partial charge in [0.15, 0.2) is 0 Å². The number of hydrogen-bond acceptors (Lipinski definition) is 3. The molecule has 0 saturated carbocycles. The van der Waals surface area contributed by atoms with Crippen LogP contribution in [0.2, 0.25) is 0 Å². The normalized spacial score (nSPS) is 9.33. The first-order chi connectivity index (χ1) is 5.38. The number of nitrogens with two attached hydrogens (primary N) is 1. The number of nitrogens with zero attached hydrogens (tertiary/aromatic N) is 2. The van der Waals surface area contributed by atoms with E-state index in [4.69, 9.17) is 5.73 Å². The van der Waals surface area contributed by atoms with E-state index >= 15 is 0 Å². The number of nitrogen functional groups attached to an aromatic ring is 1. The summed E-state index contributed by atoms with van der Waals surface area (Å²) in [4.78, 5) is 7.93. The fourth-order valence-electron chi connectivity index (χ4n) is 1.04. The minimum Gasteiger partial charge on any atom is -0.383 e. The summed E-state index contributed by atoms with van der Waals surface area (Å²) in [6.45, 7) is 0. The lowest BCUT2D eigenvalue weighted by Gasteiger charge is -1.97. The molecule has 0 saturated heterocycles. The second-order valence-corrected chi connectivity index (χ2v) is 2.29. The summed E-state index contributed by atoms with van der Waals surface area (Å²) in [5, 5.41) is 1.99. The molecule has 0 atom stereocenters. The van der Waals surface area contributed by atoms with Crippen LogP contribution in [0.5, 0.6) is 0 Å². The Hall–Kier alpha value is -1.35. The number of aromatic nitrogens is 2. The molecule has 0 amide bonds. The zero-order chi connectivity index (χ0) is 7.68. The van der Waals surface area contributed by atoms with Crippen LogP contribution in [0.3, 0.4) is 0 Å². The molecule has 2 aromatic heterocycles. The van der Waals surface area contributed by atoms with Crippen molar-refractivity contribution in [1.29, 1.82) is 0 Å². The second-order valence-electron chi connectivity index (χ2n) is 2.29. The lowest BCUT2D eigenvalue weighted by Crippen LogP contribution is -1.90. The van der Waals surface area contributed by atoms with Crippen LogP contribution < -0.4 is 5.73 Å². The zero-order valence-corrected chi connectivity index (χ0v) is 7.08. The van der Waals surface area contributed by atoms with E-state index in [2.05, 4.69) is 9.97 Å². The van der Waals surface area contributed by atoms with Crippen LogP contribution in [0.1, 0.15) is 0 Å². The Kier molecular flexibility index (Phi) is 2.45. The fourth-order valence-corrected chi connectivity index (χ4v) is 1.04. The smallest absolute Gasteiger partial charge is 0.131 e. The predicted octanol–water partition coefficient (Wildman–Crippen LogP) is 1.63. The summed E-state index contributed by atoms with van der Waals surface area (Å²) in [7, 11) is 0. The molecule has 0 unspecified atom stereocenters. The van der Waals surface area contributed by atoms with E-state index in [1.54, 1.807) is 18.6 Å². The number of pyridine rings is 2. The highest BCUT2D eigenvalue weighted by Crippen LogP contribution is 2.15. The summed E-state index contributed by atoms with van der Waals surface area (Å²) >= 11 is 0. The molecule has 62 valence electrons. The van der Waals surface area contributed by atoms with Gasteiger partial charge < -0.3 is 5.73 Å². The average Bonchev–Trinajstić information content (AvgIpc) is 2.06. The molecular formula is C8H8ClN3. The molecule has 0 fully saturated rings. The maximum absolute atomic E-state index is 5.62. The Morgan fingerprint density at radius 2 is 2.00 bits per heavy atom.